The number of piperazine rings is 1. The SMILES string of the molecule is CC(O)C[NH+]1CC[NH+](CC(C)O)CC1. The summed E-state index contributed by atoms with van der Waals surface area (Å²) < 4.78 is 0. The van der Waals surface area contributed by atoms with Crippen molar-refractivity contribution >= 4 is 0 Å². The van der Waals surface area contributed by atoms with Gasteiger partial charge in [0.1, 0.15) is 51.5 Å². The third-order valence-electron chi connectivity index (χ3n) is 2.83. The van der Waals surface area contributed by atoms with Crippen molar-refractivity contribution in [2.24, 2.45) is 0 Å². The summed E-state index contributed by atoms with van der Waals surface area (Å²) >= 11 is 0. The van der Waals surface area contributed by atoms with Crippen molar-refractivity contribution < 1.29 is 20.0 Å². The van der Waals surface area contributed by atoms with Gasteiger partial charge in [-0.3, -0.25) is 0 Å². The van der Waals surface area contributed by atoms with Crippen molar-refractivity contribution in [3.63, 3.8) is 0 Å². The van der Waals surface area contributed by atoms with Gasteiger partial charge < -0.3 is 20.0 Å². The molecule has 0 bridgehead atoms. The molecule has 4 heteroatoms. The van der Waals surface area contributed by atoms with Gasteiger partial charge in [0.25, 0.3) is 0 Å². The fourth-order valence-corrected chi connectivity index (χ4v) is 2.20. The zero-order valence-electron chi connectivity index (χ0n) is 9.29. The average Bonchev–Trinajstić information content (AvgIpc) is 2.06. The van der Waals surface area contributed by atoms with Gasteiger partial charge >= 0.3 is 0 Å². The van der Waals surface area contributed by atoms with E-state index < -0.39 is 0 Å². The lowest BCUT2D eigenvalue weighted by Crippen LogP contribution is -3.28. The molecule has 0 aromatic rings. The molecule has 0 radical (unpaired) electrons. The first-order chi connectivity index (χ1) is 6.58. The minimum Gasteiger partial charge on any atom is -0.388 e. The molecular weight excluding hydrogens is 180 g/mol. The number of quaternary nitrogens is 2. The van der Waals surface area contributed by atoms with E-state index in [0.29, 0.717) is 0 Å². The van der Waals surface area contributed by atoms with Gasteiger partial charge in [-0.1, -0.05) is 0 Å². The smallest absolute Gasteiger partial charge is 0.127 e. The predicted octanol–water partition coefficient (Wildman–Crippen LogP) is -3.47. The van der Waals surface area contributed by atoms with E-state index in [9.17, 15) is 10.2 Å². The molecule has 0 aliphatic carbocycles. The van der Waals surface area contributed by atoms with E-state index in [1.807, 2.05) is 13.8 Å². The Morgan fingerprint density at radius 2 is 1.14 bits per heavy atom. The zero-order valence-corrected chi connectivity index (χ0v) is 9.29. The molecule has 4 nitrogen and oxygen atoms in total. The molecule has 4 N–H and O–H groups in total. The summed E-state index contributed by atoms with van der Waals surface area (Å²) in [6.45, 7) is 9.90. The largest absolute Gasteiger partial charge is 0.388 e. The lowest BCUT2D eigenvalue weighted by Gasteiger charge is -2.30. The van der Waals surface area contributed by atoms with Crippen LogP contribution >= 0.6 is 0 Å². The summed E-state index contributed by atoms with van der Waals surface area (Å²) in [5.41, 5.74) is 0. The summed E-state index contributed by atoms with van der Waals surface area (Å²) in [7, 11) is 0. The maximum absolute atomic E-state index is 9.25. The van der Waals surface area contributed by atoms with Gasteiger partial charge in [-0.25, -0.2) is 0 Å². The van der Waals surface area contributed by atoms with E-state index in [2.05, 4.69) is 0 Å². The molecule has 2 atom stereocenters. The van der Waals surface area contributed by atoms with Gasteiger partial charge in [0.15, 0.2) is 0 Å². The first-order valence-electron chi connectivity index (χ1n) is 5.61. The number of hydrogen-bond donors (Lipinski definition) is 4. The summed E-state index contributed by atoms with van der Waals surface area (Å²) in [5.74, 6) is 0. The molecular formula is C10H24N2O2+2. The molecule has 1 fully saturated rings. The average molecular weight is 204 g/mol. The van der Waals surface area contributed by atoms with E-state index >= 15 is 0 Å². The second kappa shape index (κ2) is 5.66. The second-order valence-corrected chi connectivity index (χ2v) is 4.61. The third kappa shape index (κ3) is 4.37. The molecule has 84 valence electrons. The minimum atomic E-state index is -0.191. The summed E-state index contributed by atoms with van der Waals surface area (Å²) in [5, 5.41) is 18.5. The highest BCUT2D eigenvalue weighted by molar-refractivity contribution is 4.46. The molecule has 0 amide bonds. The highest BCUT2D eigenvalue weighted by Crippen LogP contribution is 1.73. The van der Waals surface area contributed by atoms with Crippen LogP contribution in [0, 0.1) is 0 Å². The molecule has 1 aliphatic rings. The summed E-state index contributed by atoms with van der Waals surface area (Å²) in [6, 6.07) is 0. The maximum Gasteiger partial charge on any atom is 0.127 e. The fraction of sp³-hybridized carbons (Fsp3) is 1.00. The van der Waals surface area contributed by atoms with Crippen LogP contribution in [0.15, 0.2) is 0 Å². The normalized spacial score (nSPS) is 32.6. The molecule has 1 rings (SSSR count). The first-order valence-corrected chi connectivity index (χ1v) is 5.61. The Balaban J connectivity index is 2.17. The molecule has 1 saturated heterocycles. The molecule has 0 aromatic heterocycles. The molecule has 0 saturated carbocycles. The van der Waals surface area contributed by atoms with Gasteiger partial charge in [-0.2, -0.15) is 0 Å². The van der Waals surface area contributed by atoms with Crippen molar-refractivity contribution in [1.29, 1.82) is 0 Å². The molecule has 0 spiro atoms. The minimum absolute atomic E-state index is 0.191. The number of aliphatic hydroxyl groups excluding tert-OH is 2. The topological polar surface area (TPSA) is 49.3 Å². The van der Waals surface area contributed by atoms with Gasteiger partial charge in [-0.15, -0.1) is 0 Å². The van der Waals surface area contributed by atoms with E-state index in [-0.39, 0.29) is 12.2 Å². The molecule has 1 heterocycles. The lowest BCUT2D eigenvalue weighted by atomic mass is 10.2. The van der Waals surface area contributed by atoms with Crippen LogP contribution in [0.4, 0.5) is 0 Å². The number of aliphatic hydroxyl groups is 2. The van der Waals surface area contributed by atoms with Crippen LogP contribution < -0.4 is 9.80 Å². The van der Waals surface area contributed by atoms with Crippen LogP contribution in [0.3, 0.4) is 0 Å². The molecule has 2 unspecified atom stereocenters. The predicted molar refractivity (Wildman–Crippen MR) is 54.5 cm³/mol. The van der Waals surface area contributed by atoms with Crippen molar-refractivity contribution in [3.8, 4) is 0 Å². The van der Waals surface area contributed by atoms with Gasteiger partial charge in [0.05, 0.1) is 0 Å². The Bertz CT molecular complexity index is 136. The van der Waals surface area contributed by atoms with Crippen molar-refractivity contribution in [3.05, 3.63) is 0 Å². The van der Waals surface area contributed by atoms with Crippen LogP contribution in [0.25, 0.3) is 0 Å². The Morgan fingerprint density at radius 1 is 0.857 bits per heavy atom. The monoisotopic (exact) mass is 204 g/mol. The highest BCUT2D eigenvalue weighted by atomic mass is 16.3. The van der Waals surface area contributed by atoms with Gasteiger partial charge in [0, 0.05) is 0 Å². The van der Waals surface area contributed by atoms with Crippen molar-refractivity contribution in [2.75, 3.05) is 39.3 Å². The zero-order chi connectivity index (χ0) is 10.6. The number of hydrogen-bond acceptors (Lipinski definition) is 2. The van der Waals surface area contributed by atoms with Crippen LogP contribution in [0.1, 0.15) is 13.8 Å². The Morgan fingerprint density at radius 3 is 1.36 bits per heavy atom. The first kappa shape index (κ1) is 11.9. The van der Waals surface area contributed by atoms with E-state index in [4.69, 9.17) is 0 Å². The van der Waals surface area contributed by atoms with Gasteiger partial charge in [0.2, 0.25) is 0 Å². The maximum atomic E-state index is 9.25. The Labute approximate surface area is 86.1 Å². The second-order valence-electron chi connectivity index (χ2n) is 4.61. The van der Waals surface area contributed by atoms with Crippen molar-refractivity contribution in [1.82, 2.24) is 0 Å². The fourth-order valence-electron chi connectivity index (χ4n) is 2.20. The van der Waals surface area contributed by atoms with E-state index in [1.54, 1.807) is 0 Å². The third-order valence-corrected chi connectivity index (χ3v) is 2.83. The highest BCUT2D eigenvalue weighted by Gasteiger charge is 2.24. The molecule has 0 aromatic carbocycles. The Kier molecular flexibility index (Phi) is 4.81. The number of nitrogens with one attached hydrogen (secondary N) is 2. The quantitative estimate of drug-likeness (QED) is 0.385. The van der Waals surface area contributed by atoms with Crippen molar-refractivity contribution in [2.45, 2.75) is 26.1 Å². The van der Waals surface area contributed by atoms with Crippen LogP contribution in [-0.2, 0) is 0 Å². The van der Waals surface area contributed by atoms with Crippen LogP contribution in [0.2, 0.25) is 0 Å². The van der Waals surface area contributed by atoms with E-state index in [1.165, 1.54) is 9.80 Å². The van der Waals surface area contributed by atoms with Gasteiger partial charge in [-0.05, 0) is 13.8 Å². The molecule has 14 heavy (non-hydrogen) atoms. The number of rotatable bonds is 4. The Hall–Kier alpha value is -0.160. The summed E-state index contributed by atoms with van der Waals surface area (Å²) in [6.07, 6.45) is -0.383. The van der Waals surface area contributed by atoms with Crippen LogP contribution in [-0.4, -0.2) is 61.7 Å². The van der Waals surface area contributed by atoms with E-state index in [0.717, 1.165) is 39.3 Å². The van der Waals surface area contributed by atoms with Crippen LogP contribution in [0.5, 0.6) is 0 Å². The molecule has 1 aliphatic heterocycles. The summed E-state index contributed by atoms with van der Waals surface area (Å²) in [4.78, 5) is 2.99. The standard InChI is InChI=1S/C10H22N2O2/c1-9(13)7-11-3-5-12(6-4-11)8-10(2)14/h9-10,13-14H,3-8H2,1-2H3/p+2. The lowest BCUT2D eigenvalue weighted by molar-refractivity contribution is -1.01.